The second-order valence-corrected chi connectivity index (χ2v) is 6.54. The van der Waals surface area contributed by atoms with Crippen LogP contribution in [0.2, 0.25) is 5.15 Å². The molecule has 23 heavy (non-hydrogen) atoms. The molecule has 1 aromatic rings. The minimum atomic E-state index is -0.506. The Labute approximate surface area is 140 Å². The molecule has 0 aromatic carbocycles. The van der Waals surface area contributed by atoms with Crippen LogP contribution in [0.1, 0.15) is 32.6 Å². The first-order valence-corrected chi connectivity index (χ1v) is 8.15. The van der Waals surface area contributed by atoms with Gasteiger partial charge in [-0.05, 0) is 19.8 Å². The van der Waals surface area contributed by atoms with E-state index in [1.54, 1.807) is 0 Å². The fraction of sp³-hybridized carbons (Fsp3) is 0.667. The van der Waals surface area contributed by atoms with Gasteiger partial charge >= 0.3 is 5.69 Å². The number of halogens is 1. The van der Waals surface area contributed by atoms with E-state index in [-0.39, 0.29) is 22.1 Å². The lowest BCUT2D eigenvalue weighted by molar-refractivity contribution is -0.383. The van der Waals surface area contributed by atoms with Crippen LogP contribution in [0.25, 0.3) is 0 Å². The number of rotatable bonds is 7. The van der Waals surface area contributed by atoms with Crippen LogP contribution in [0.3, 0.4) is 0 Å². The number of nitro groups is 1. The van der Waals surface area contributed by atoms with E-state index in [1.807, 2.05) is 18.9 Å². The first-order valence-electron chi connectivity index (χ1n) is 7.78. The number of nitrogen functional groups attached to an aromatic ring is 1. The number of hydrogen-bond acceptors (Lipinski definition) is 6. The second kappa shape index (κ2) is 7.31. The molecule has 0 atom stereocenters. The summed E-state index contributed by atoms with van der Waals surface area (Å²) in [7, 11) is 1.82. The van der Waals surface area contributed by atoms with Crippen molar-refractivity contribution in [3.63, 3.8) is 0 Å². The third kappa shape index (κ3) is 4.03. The lowest BCUT2D eigenvalue weighted by Crippen LogP contribution is -2.37. The number of anilines is 2. The van der Waals surface area contributed by atoms with Gasteiger partial charge in [-0.2, -0.15) is 0 Å². The summed E-state index contributed by atoms with van der Waals surface area (Å²) < 4.78 is 5.66. The highest BCUT2D eigenvalue weighted by molar-refractivity contribution is 6.30. The maximum Gasteiger partial charge on any atom is 0.334 e. The van der Waals surface area contributed by atoms with E-state index >= 15 is 0 Å². The van der Waals surface area contributed by atoms with Gasteiger partial charge in [-0.25, -0.2) is 4.98 Å². The van der Waals surface area contributed by atoms with E-state index in [0.29, 0.717) is 25.4 Å². The van der Waals surface area contributed by atoms with E-state index in [4.69, 9.17) is 22.1 Å². The topological polar surface area (TPSA) is 94.5 Å². The molecule has 0 bridgehead atoms. The highest BCUT2D eigenvalue weighted by atomic mass is 35.5. The molecule has 7 nitrogen and oxygen atoms in total. The summed E-state index contributed by atoms with van der Waals surface area (Å²) in [6.07, 6.45) is 4.42. The Hall–Kier alpha value is -1.60. The van der Waals surface area contributed by atoms with Crippen molar-refractivity contribution in [3.05, 3.63) is 21.3 Å². The fourth-order valence-electron chi connectivity index (χ4n) is 3.37. The number of nitrogens with zero attached hydrogens (tertiary/aromatic N) is 3. The molecule has 1 heterocycles. The minimum Gasteiger partial charge on any atom is -0.381 e. The summed E-state index contributed by atoms with van der Waals surface area (Å²) >= 11 is 5.94. The maximum atomic E-state index is 11.3. The van der Waals surface area contributed by atoms with Gasteiger partial charge in [-0.15, -0.1) is 0 Å². The first kappa shape index (κ1) is 17.7. The molecule has 0 unspecified atom stereocenters. The van der Waals surface area contributed by atoms with Crippen molar-refractivity contribution < 1.29 is 9.66 Å². The number of ether oxygens (including phenoxy) is 1. The number of pyridine rings is 1. The van der Waals surface area contributed by atoms with Crippen LogP contribution in [0, 0.1) is 15.5 Å². The Bertz CT molecular complexity index is 576. The molecule has 1 aromatic heterocycles. The maximum absolute atomic E-state index is 11.3. The zero-order valence-corrected chi connectivity index (χ0v) is 14.3. The van der Waals surface area contributed by atoms with Gasteiger partial charge in [0.25, 0.3) is 0 Å². The van der Waals surface area contributed by atoms with Crippen molar-refractivity contribution in [2.45, 2.75) is 32.6 Å². The standard InChI is InChI=1S/C15H23ClN4O3/c1-3-23-10-15(6-4-5-7-15)9-19(2)11-8-12(16)18-14(17)13(11)20(21)22/h8H,3-7,9-10H2,1-2H3,(H2,17,18). The number of nitrogens with two attached hydrogens (primary N) is 1. The molecular formula is C15H23ClN4O3. The van der Waals surface area contributed by atoms with Crippen molar-refractivity contribution in [1.82, 2.24) is 4.98 Å². The SMILES string of the molecule is CCOCC1(CN(C)c2cc(Cl)nc(N)c2[N+](=O)[O-])CCCC1. The molecule has 0 aliphatic heterocycles. The fourth-order valence-corrected chi connectivity index (χ4v) is 3.57. The highest BCUT2D eigenvalue weighted by Crippen LogP contribution is 2.42. The predicted molar refractivity (Wildman–Crippen MR) is 91.0 cm³/mol. The smallest absolute Gasteiger partial charge is 0.334 e. The molecule has 1 saturated carbocycles. The summed E-state index contributed by atoms with van der Waals surface area (Å²) in [4.78, 5) is 16.5. The van der Waals surface area contributed by atoms with Gasteiger partial charge in [0.05, 0.1) is 11.5 Å². The van der Waals surface area contributed by atoms with Gasteiger partial charge in [0, 0.05) is 31.7 Å². The van der Waals surface area contributed by atoms with Crippen molar-refractivity contribution in [2.75, 3.05) is 37.4 Å². The molecule has 8 heteroatoms. The molecule has 1 aliphatic rings. The van der Waals surface area contributed by atoms with Crippen LogP contribution < -0.4 is 10.6 Å². The first-order chi connectivity index (χ1) is 10.9. The average Bonchev–Trinajstić information content (AvgIpc) is 2.92. The molecule has 0 amide bonds. The Morgan fingerprint density at radius 3 is 2.74 bits per heavy atom. The average molecular weight is 343 g/mol. The molecule has 128 valence electrons. The number of aromatic nitrogens is 1. The van der Waals surface area contributed by atoms with Crippen molar-refractivity contribution in [3.8, 4) is 0 Å². The van der Waals surface area contributed by atoms with Crippen LogP contribution >= 0.6 is 11.6 Å². The van der Waals surface area contributed by atoms with Gasteiger partial charge in [-0.3, -0.25) is 10.1 Å². The molecular weight excluding hydrogens is 320 g/mol. The lowest BCUT2D eigenvalue weighted by atomic mass is 9.86. The Morgan fingerprint density at radius 1 is 1.52 bits per heavy atom. The van der Waals surface area contributed by atoms with E-state index in [1.165, 1.54) is 6.07 Å². The quantitative estimate of drug-likeness (QED) is 0.464. The molecule has 2 rings (SSSR count). The Kier molecular flexibility index (Phi) is 5.64. The van der Waals surface area contributed by atoms with E-state index in [9.17, 15) is 10.1 Å². The predicted octanol–water partition coefficient (Wildman–Crippen LogP) is 3.26. The zero-order valence-electron chi connectivity index (χ0n) is 13.5. The summed E-state index contributed by atoms with van der Waals surface area (Å²) in [6.45, 7) is 3.96. The minimum absolute atomic E-state index is 0.0170. The zero-order chi connectivity index (χ0) is 17.0. The normalized spacial score (nSPS) is 16.5. The largest absolute Gasteiger partial charge is 0.381 e. The third-order valence-corrected chi connectivity index (χ3v) is 4.60. The van der Waals surface area contributed by atoms with E-state index in [0.717, 1.165) is 25.7 Å². The van der Waals surface area contributed by atoms with Crippen LogP contribution in [-0.2, 0) is 4.74 Å². The van der Waals surface area contributed by atoms with Gasteiger partial charge < -0.3 is 15.4 Å². The summed E-state index contributed by atoms with van der Waals surface area (Å²) in [5.41, 5.74) is 5.92. The van der Waals surface area contributed by atoms with Gasteiger partial charge in [0.2, 0.25) is 5.82 Å². The molecule has 0 spiro atoms. The molecule has 1 aliphatic carbocycles. The Morgan fingerprint density at radius 2 is 2.17 bits per heavy atom. The van der Waals surface area contributed by atoms with Crippen molar-refractivity contribution in [2.24, 2.45) is 5.41 Å². The summed E-state index contributed by atoms with van der Waals surface area (Å²) in [5.74, 6) is -0.158. The van der Waals surface area contributed by atoms with Crippen LogP contribution in [-0.4, -0.2) is 36.7 Å². The van der Waals surface area contributed by atoms with E-state index in [2.05, 4.69) is 4.98 Å². The highest BCUT2D eigenvalue weighted by Gasteiger charge is 2.36. The molecule has 0 radical (unpaired) electrons. The molecule has 0 saturated heterocycles. The van der Waals surface area contributed by atoms with Gasteiger partial charge in [0.1, 0.15) is 10.8 Å². The van der Waals surface area contributed by atoms with Crippen LogP contribution in [0.4, 0.5) is 17.2 Å². The Balaban J connectivity index is 2.29. The van der Waals surface area contributed by atoms with Gasteiger partial charge in [-0.1, -0.05) is 24.4 Å². The van der Waals surface area contributed by atoms with Crippen molar-refractivity contribution in [1.29, 1.82) is 0 Å². The van der Waals surface area contributed by atoms with Crippen LogP contribution in [0.15, 0.2) is 6.07 Å². The lowest BCUT2D eigenvalue weighted by Gasteiger charge is -2.34. The molecule has 2 N–H and O–H groups in total. The monoisotopic (exact) mass is 342 g/mol. The molecule has 1 fully saturated rings. The summed E-state index contributed by atoms with van der Waals surface area (Å²) in [5, 5.41) is 11.5. The summed E-state index contributed by atoms with van der Waals surface area (Å²) in [6, 6.07) is 1.50. The van der Waals surface area contributed by atoms with Crippen LogP contribution in [0.5, 0.6) is 0 Å². The van der Waals surface area contributed by atoms with E-state index < -0.39 is 4.92 Å². The second-order valence-electron chi connectivity index (χ2n) is 6.16. The third-order valence-electron chi connectivity index (χ3n) is 4.41. The van der Waals surface area contributed by atoms with Crippen molar-refractivity contribution >= 4 is 28.8 Å². The number of hydrogen-bond donors (Lipinski definition) is 1. The van der Waals surface area contributed by atoms with Gasteiger partial charge in [0.15, 0.2) is 0 Å².